The molecule has 2 aromatic rings. The Morgan fingerprint density at radius 1 is 1.00 bits per heavy atom. The van der Waals surface area contributed by atoms with Gasteiger partial charge in [-0.2, -0.15) is 0 Å². The largest absolute Gasteiger partial charge is 0.493 e. The predicted molar refractivity (Wildman–Crippen MR) is 105 cm³/mol. The molecule has 2 rings (SSSR count). The summed E-state index contributed by atoms with van der Waals surface area (Å²) in [5.41, 5.74) is 2.81. The molecule has 1 N–H and O–H groups in total. The Balaban J connectivity index is 1.84. The highest BCUT2D eigenvalue weighted by Gasteiger charge is 2.14. The number of anilines is 1. The van der Waals surface area contributed by atoms with E-state index in [0.717, 1.165) is 16.8 Å². The van der Waals surface area contributed by atoms with Gasteiger partial charge in [-0.1, -0.05) is 23.8 Å². The summed E-state index contributed by atoms with van der Waals surface area (Å²) in [5.74, 6) is 0.968. The van der Waals surface area contributed by atoms with Crippen molar-refractivity contribution in [1.82, 2.24) is 4.90 Å². The van der Waals surface area contributed by atoms with E-state index in [9.17, 15) is 9.59 Å². The SMILES string of the molecule is COc1ccc(CCC(=O)N(C)CC(=O)Nc2ccc(C)cc2)cc1OC. The molecule has 0 aliphatic rings. The van der Waals surface area contributed by atoms with Crippen molar-refractivity contribution < 1.29 is 19.1 Å². The summed E-state index contributed by atoms with van der Waals surface area (Å²) in [4.78, 5) is 25.9. The maximum atomic E-state index is 12.3. The molecule has 0 unspecified atom stereocenters. The number of hydrogen-bond acceptors (Lipinski definition) is 4. The number of nitrogens with one attached hydrogen (secondary N) is 1. The lowest BCUT2D eigenvalue weighted by Crippen LogP contribution is -2.35. The minimum Gasteiger partial charge on any atom is -0.493 e. The highest BCUT2D eigenvalue weighted by molar-refractivity contribution is 5.94. The van der Waals surface area contributed by atoms with Crippen LogP contribution < -0.4 is 14.8 Å². The van der Waals surface area contributed by atoms with Crippen molar-refractivity contribution in [3.05, 3.63) is 53.6 Å². The Labute approximate surface area is 160 Å². The molecule has 6 nitrogen and oxygen atoms in total. The average molecular weight is 370 g/mol. The van der Waals surface area contributed by atoms with Crippen molar-refractivity contribution in [1.29, 1.82) is 0 Å². The fourth-order valence-electron chi connectivity index (χ4n) is 2.62. The molecule has 0 heterocycles. The fourth-order valence-corrected chi connectivity index (χ4v) is 2.62. The topological polar surface area (TPSA) is 67.9 Å². The van der Waals surface area contributed by atoms with Gasteiger partial charge in [-0.3, -0.25) is 9.59 Å². The normalized spacial score (nSPS) is 10.2. The van der Waals surface area contributed by atoms with Crippen LogP contribution in [0.1, 0.15) is 17.5 Å². The molecule has 144 valence electrons. The van der Waals surface area contributed by atoms with Crippen LogP contribution in [0.25, 0.3) is 0 Å². The Bertz CT molecular complexity index is 787. The fraction of sp³-hybridized carbons (Fsp3) is 0.333. The van der Waals surface area contributed by atoms with Gasteiger partial charge in [0.1, 0.15) is 0 Å². The first-order chi connectivity index (χ1) is 12.9. The number of hydrogen-bond donors (Lipinski definition) is 1. The van der Waals surface area contributed by atoms with Crippen LogP contribution in [0.2, 0.25) is 0 Å². The van der Waals surface area contributed by atoms with Crippen LogP contribution in [0.4, 0.5) is 5.69 Å². The van der Waals surface area contributed by atoms with Gasteiger partial charge in [0.15, 0.2) is 11.5 Å². The summed E-state index contributed by atoms with van der Waals surface area (Å²) < 4.78 is 10.5. The number of benzene rings is 2. The molecule has 0 saturated carbocycles. The predicted octanol–water partition coefficient (Wildman–Crippen LogP) is 3.04. The summed E-state index contributed by atoms with van der Waals surface area (Å²) in [5, 5.41) is 2.79. The Morgan fingerprint density at radius 3 is 2.30 bits per heavy atom. The van der Waals surface area contributed by atoms with Gasteiger partial charge in [0.2, 0.25) is 11.8 Å². The minimum atomic E-state index is -0.221. The summed E-state index contributed by atoms with van der Waals surface area (Å²) in [6.07, 6.45) is 0.868. The Morgan fingerprint density at radius 2 is 1.67 bits per heavy atom. The van der Waals surface area contributed by atoms with Crippen molar-refractivity contribution in [2.24, 2.45) is 0 Å². The number of likely N-dealkylation sites (N-methyl/N-ethyl adjacent to an activating group) is 1. The second kappa shape index (κ2) is 9.62. The summed E-state index contributed by atoms with van der Waals surface area (Å²) in [6.45, 7) is 2.00. The molecule has 6 heteroatoms. The van der Waals surface area contributed by atoms with Crippen LogP contribution in [0, 0.1) is 6.92 Å². The van der Waals surface area contributed by atoms with Crippen molar-refractivity contribution in [3.8, 4) is 11.5 Å². The van der Waals surface area contributed by atoms with E-state index in [-0.39, 0.29) is 18.4 Å². The van der Waals surface area contributed by atoms with E-state index in [0.29, 0.717) is 24.3 Å². The maximum Gasteiger partial charge on any atom is 0.243 e. The monoisotopic (exact) mass is 370 g/mol. The number of amides is 2. The molecule has 0 fully saturated rings. The van der Waals surface area contributed by atoms with Gasteiger partial charge in [0.25, 0.3) is 0 Å². The van der Waals surface area contributed by atoms with Crippen LogP contribution in [0.3, 0.4) is 0 Å². The molecule has 0 aromatic heterocycles. The highest BCUT2D eigenvalue weighted by atomic mass is 16.5. The zero-order valence-electron chi connectivity index (χ0n) is 16.2. The molecule has 0 bridgehead atoms. The Kier molecular flexibility index (Phi) is 7.23. The van der Waals surface area contributed by atoms with Gasteiger partial charge in [0, 0.05) is 19.2 Å². The highest BCUT2D eigenvalue weighted by Crippen LogP contribution is 2.28. The van der Waals surface area contributed by atoms with Gasteiger partial charge < -0.3 is 19.7 Å². The third-order valence-corrected chi connectivity index (χ3v) is 4.22. The van der Waals surface area contributed by atoms with Gasteiger partial charge >= 0.3 is 0 Å². The first-order valence-corrected chi connectivity index (χ1v) is 8.74. The smallest absolute Gasteiger partial charge is 0.243 e. The van der Waals surface area contributed by atoms with E-state index < -0.39 is 0 Å². The zero-order valence-corrected chi connectivity index (χ0v) is 16.2. The number of carbonyl (C=O) groups is 2. The molecule has 2 aromatic carbocycles. The van der Waals surface area contributed by atoms with Crippen molar-refractivity contribution in [3.63, 3.8) is 0 Å². The number of methoxy groups -OCH3 is 2. The lowest BCUT2D eigenvalue weighted by atomic mass is 10.1. The van der Waals surface area contributed by atoms with Gasteiger partial charge in [-0.05, 0) is 43.2 Å². The molecule has 0 spiro atoms. The van der Waals surface area contributed by atoms with Crippen LogP contribution in [-0.4, -0.2) is 44.5 Å². The third kappa shape index (κ3) is 6.02. The van der Waals surface area contributed by atoms with E-state index in [1.165, 1.54) is 4.90 Å². The number of ether oxygens (including phenoxy) is 2. The lowest BCUT2D eigenvalue weighted by molar-refractivity contribution is -0.133. The third-order valence-electron chi connectivity index (χ3n) is 4.22. The lowest BCUT2D eigenvalue weighted by Gasteiger charge is -2.17. The molecule has 2 amide bonds. The van der Waals surface area contributed by atoms with E-state index in [1.54, 1.807) is 21.3 Å². The van der Waals surface area contributed by atoms with E-state index in [4.69, 9.17) is 9.47 Å². The molecule has 0 atom stereocenters. The van der Waals surface area contributed by atoms with E-state index >= 15 is 0 Å². The molecular formula is C21H26N2O4. The van der Waals surface area contributed by atoms with Crippen LogP contribution in [0.15, 0.2) is 42.5 Å². The number of nitrogens with zero attached hydrogens (tertiary/aromatic N) is 1. The van der Waals surface area contributed by atoms with Crippen LogP contribution in [-0.2, 0) is 16.0 Å². The van der Waals surface area contributed by atoms with Crippen molar-refractivity contribution in [2.75, 3.05) is 33.1 Å². The second-order valence-electron chi connectivity index (χ2n) is 6.35. The zero-order chi connectivity index (χ0) is 19.8. The standard InChI is InChI=1S/C21H26N2O4/c1-15-5-9-17(10-6-15)22-20(24)14-23(2)21(25)12-8-16-7-11-18(26-3)19(13-16)27-4/h5-7,9-11,13H,8,12,14H2,1-4H3,(H,22,24). The first kappa shape index (κ1) is 20.3. The minimum absolute atomic E-state index is 0.0125. The quantitative estimate of drug-likeness (QED) is 0.776. The summed E-state index contributed by atoms with van der Waals surface area (Å²) >= 11 is 0. The summed E-state index contributed by atoms with van der Waals surface area (Å²) in [7, 11) is 4.79. The van der Waals surface area contributed by atoms with E-state index in [1.807, 2.05) is 49.4 Å². The molecule has 0 aliphatic carbocycles. The molecule has 0 saturated heterocycles. The molecule has 0 radical (unpaired) electrons. The maximum absolute atomic E-state index is 12.3. The van der Waals surface area contributed by atoms with Crippen molar-refractivity contribution in [2.45, 2.75) is 19.8 Å². The van der Waals surface area contributed by atoms with Gasteiger partial charge in [0.05, 0.1) is 20.8 Å². The average Bonchev–Trinajstić information content (AvgIpc) is 2.67. The second-order valence-corrected chi connectivity index (χ2v) is 6.35. The molecular weight excluding hydrogens is 344 g/mol. The number of aryl methyl sites for hydroxylation is 2. The van der Waals surface area contributed by atoms with Gasteiger partial charge in [-0.15, -0.1) is 0 Å². The van der Waals surface area contributed by atoms with Crippen molar-refractivity contribution >= 4 is 17.5 Å². The molecule has 27 heavy (non-hydrogen) atoms. The number of carbonyl (C=O) groups excluding carboxylic acids is 2. The molecule has 0 aliphatic heterocycles. The Hall–Kier alpha value is -3.02. The van der Waals surface area contributed by atoms with Crippen LogP contribution >= 0.6 is 0 Å². The van der Waals surface area contributed by atoms with E-state index in [2.05, 4.69) is 5.32 Å². The number of rotatable bonds is 8. The van der Waals surface area contributed by atoms with Crippen LogP contribution in [0.5, 0.6) is 11.5 Å². The first-order valence-electron chi connectivity index (χ1n) is 8.74. The van der Waals surface area contributed by atoms with Gasteiger partial charge in [-0.25, -0.2) is 0 Å². The summed E-state index contributed by atoms with van der Waals surface area (Å²) in [6, 6.07) is 13.1.